The number of rotatable bonds is 6. The van der Waals surface area contributed by atoms with Crippen LogP contribution in [0.15, 0.2) is 28.7 Å². The predicted molar refractivity (Wildman–Crippen MR) is 68.8 cm³/mol. The molecule has 0 aliphatic heterocycles. The van der Waals surface area contributed by atoms with Gasteiger partial charge in [-0.3, -0.25) is 4.90 Å². The number of aliphatic hydroxyl groups is 1. The van der Waals surface area contributed by atoms with Gasteiger partial charge >= 0.3 is 0 Å². The van der Waals surface area contributed by atoms with Gasteiger partial charge in [-0.2, -0.15) is 0 Å². The number of hydrogen-bond acceptors (Lipinski definition) is 3. The predicted octanol–water partition coefficient (Wildman–Crippen LogP) is 2.14. The molecule has 0 radical (unpaired) electrons. The highest BCUT2D eigenvalue weighted by Crippen LogP contribution is 2.15. The summed E-state index contributed by atoms with van der Waals surface area (Å²) in [6, 6.07) is 7.94. The van der Waals surface area contributed by atoms with E-state index in [9.17, 15) is 0 Å². The Morgan fingerprint density at radius 1 is 1.38 bits per heavy atom. The van der Waals surface area contributed by atoms with Gasteiger partial charge in [-0.05, 0) is 38.2 Å². The average Bonchev–Trinajstić information content (AvgIpc) is 2.30. The monoisotopic (exact) mass is 287 g/mol. The zero-order valence-corrected chi connectivity index (χ0v) is 11.3. The van der Waals surface area contributed by atoms with Gasteiger partial charge in [-0.1, -0.05) is 15.9 Å². The maximum Gasteiger partial charge on any atom is 0.119 e. The molecule has 0 aromatic heterocycles. The summed E-state index contributed by atoms with van der Waals surface area (Å²) in [6.45, 7) is 3.59. The Kier molecular flexibility index (Phi) is 5.80. The highest BCUT2D eigenvalue weighted by Gasteiger charge is 2.06. The van der Waals surface area contributed by atoms with Crippen LogP contribution in [0.3, 0.4) is 0 Å². The van der Waals surface area contributed by atoms with E-state index in [-0.39, 0.29) is 12.6 Å². The van der Waals surface area contributed by atoms with Crippen molar-refractivity contribution in [3.8, 4) is 5.75 Å². The molecule has 3 nitrogen and oxygen atoms in total. The van der Waals surface area contributed by atoms with Crippen LogP contribution in [0.25, 0.3) is 0 Å². The maximum atomic E-state index is 8.96. The number of ether oxygens (including phenoxy) is 1. The average molecular weight is 288 g/mol. The lowest BCUT2D eigenvalue weighted by atomic mass is 10.3. The fourth-order valence-corrected chi connectivity index (χ4v) is 1.46. The van der Waals surface area contributed by atoms with Gasteiger partial charge in [0.25, 0.3) is 0 Å². The fourth-order valence-electron chi connectivity index (χ4n) is 1.20. The van der Waals surface area contributed by atoms with Gasteiger partial charge in [0.2, 0.25) is 0 Å². The largest absolute Gasteiger partial charge is 0.492 e. The van der Waals surface area contributed by atoms with E-state index in [4.69, 9.17) is 9.84 Å². The summed E-state index contributed by atoms with van der Waals surface area (Å²) in [4.78, 5) is 2.07. The third-order valence-electron chi connectivity index (χ3n) is 2.54. The first-order valence-electron chi connectivity index (χ1n) is 5.33. The van der Waals surface area contributed by atoms with Crippen molar-refractivity contribution < 1.29 is 9.84 Å². The van der Waals surface area contributed by atoms with Gasteiger partial charge in [0.05, 0.1) is 6.61 Å². The molecule has 90 valence electrons. The minimum absolute atomic E-state index is 0.175. The van der Waals surface area contributed by atoms with E-state index < -0.39 is 0 Å². The van der Waals surface area contributed by atoms with Crippen molar-refractivity contribution in [1.29, 1.82) is 0 Å². The highest BCUT2D eigenvalue weighted by atomic mass is 79.9. The van der Waals surface area contributed by atoms with E-state index in [2.05, 4.69) is 20.8 Å². The van der Waals surface area contributed by atoms with E-state index in [1.807, 2.05) is 38.2 Å². The van der Waals surface area contributed by atoms with Crippen LogP contribution < -0.4 is 4.74 Å². The zero-order valence-electron chi connectivity index (χ0n) is 9.69. The van der Waals surface area contributed by atoms with Crippen LogP contribution in [0.2, 0.25) is 0 Å². The molecular weight excluding hydrogens is 270 g/mol. The van der Waals surface area contributed by atoms with E-state index >= 15 is 0 Å². The summed E-state index contributed by atoms with van der Waals surface area (Å²) in [6.07, 6.45) is 0. The second-order valence-electron chi connectivity index (χ2n) is 3.81. The highest BCUT2D eigenvalue weighted by molar-refractivity contribution is 9.10. The Morgan fingerprint density at radius 2 is 2.00 bits per heavy atom. The number of halogens is 1. The first-order chi connectivity index (χ1) is 7.63. The summed E-state index contributed by atoms with van der Waals surface area (Å²) in [7, 11) is 1.98. The number of likely N-dealkylation sites (N-methyl/N-ethyl adjacent to an activating group) is 1. The molecule has 0 amide bonds. The van der Waals surface area contributed by atoms with Crippen LogP contribution in [0.4, 0.5) is 0 Å². The molecule has 16 heavy (non-hydrogen) atoms. The van der Waals surface area contributed by atoms with Crippen molar-refractivity contribution >= 4 is 15.9 Å². The summed E-state index contributed by atoms with van der Waals surface area (Å²) in [5.74, 6) is 0.869. The van der Waals surface area contributed by atoms with Gasteiger partial charge in [0.1, 0.15) is 12.4 Å². The van der Waals surface area contributed by atoms with E-state index in [0.29, 0.717) is 6.61 Å². The van der Waals surface area contributed by atoms with Gasteiger partial charge in [-0.25, -0.2) is 0 Å². The minimum atomic E-state index is 0.175. The Bertz CT molecular complexity index is 302. The molecule has 1 rings (SSSR count). The van der Waals surface area contributed by atoms with E-state index in [0.717, 1.165) is 16.8 Å². The molecule has 1 N–H and O–H groups in total. The Labute approximate surface area is 105 Å². The van der Waals surface area contributed by atoms with Crippen molar-refractivity contribution in [2.24, 2.45) is 0 Å². The lowest BCUT2D eigenvalue weighted by Gasteiger charge is -2.22. The molecule has 0 saturated carbocycles. The Hall–Kier alpha value is -0.580. The van der Waals surface area contributed by atoms with Crippen LogP contribution in [0.5, 0.6) is 5.75 Å². The molecule has 4 heteroatoms. The molecule has 0 aliphatic rings. The SMILES string of the molecule is CC(CO)N(C)CCOc1ccc(Br)cc1. The number of nitrogens with zero attached hydrogens (tertiary/aromatic N) is 1. The normalized spacial score (nSPS) is 12.8. The summed E-state index contributed by atoms with van der Waals surface area (Å²) < 4.78 is 6.63. The molecule has 1 aromatic carbocycles. The maximum absolute atomic E-state index is 8.96. The van der Waals surface area contributed by atoms with Crippen molar-refractivity contribution in [3.63, 3.8) is 0 Å². The molecule has 0 saturated heterocycles. The van der Waals surface area contributed by atoms with Gasteiger partial charge < -0.3 is 9.84 Å². The van der Waals surface area contributed by atoms with Crippen molar-refractivity contribution in [2.75, 3.05) is 26.8 Å². The van der Waals surface area contributed by atoms with E-state index in [1.54, 1.807) is 0 Å². The van der Waals surface area contributed by atoms with Crippen molar-refractivity contribution in [2.45, 2.75) is 13.0 Å². The third kappa shape index (κ3) is 4.51. The molecule has 1 aromatic rings. The standard InChI is InChI=1S/C12H18BrNO2/c1-10(9-15)14(2)7-8-16-12-5-3-11(13)4-6-12/h3-6,10,15H,7-9H2,1-2H3. The first-order valence-corrected chi connectivity index (χ1v) is 6.12. The lowest BCUT2D eigenvalue weighted by Crippen LogP contribution is -2.35. The topological polar surface area (TPSA) is 32.7 Å². The lowest BCUT2D eigenvalue weighted by molar-refractivity contribution is 0.140. The van der Waals surface area contributed by atoms with Crippen LogP contribution in [0.1, 0.15) is 6.92 Å². The number of hydrogen-bond donors (Lipinski definition) is 1. The van der Waals surface area contributed by atoms with E-state index in [1.165, 1.54) is 0 Å². The third-order valence-corrected chi connectivity index (χ3v) is 3.07. The molecule has 0 bridgehead atoms. The molecule has 0 spiro atoms. The second kappa shape index (κ2) is 6.89. The fraction of sp³-hybridized carbons (Fsp3) is 0.500. The second-order valence-corrected chi connectivity index (χ2v) is 4.73. The molecule has 0 fully saturated rings. The van der Waals surface area contributed by atoms with Gasteiger partial charge in [0, 0.05) is 17.1 Å². The molecular formula is C12H18BrNO2. The van der Waals surface area contributed by atoms with Crippen LogP contribution >= 0.6 is 15.9 Å². The Morgan fingerprint density at radius 3 is 2.56 bits per heavy atom. The first kappa shape index (κ1) is 13.5. The summed E-state index contributed by atoms with van der Waals surface area (Å²) >= 11 is 3.37. The molecule has 1 atom stereocenters. The summed E-state index contributed by atoms with van der Waals surface area (Å²) in [5.41, 5.74) is 0. The smallest absolute Gasteiger partial charge is 0.119 e. The van der Waals surface area contributed by atoms with Crippen molar-refractivity contribution in [1.82, 2.24) is 4.90 Å². The van der Waals surface area contributed by atoms with Crippen molar-refractivity contribution in [3.05, 3.63) is 28.7 Å². The number of aliphatic hydroxyl groups excluding tert-OH is 1. The van der Waals surface area contributed by atoms with Crippen LogP contribution in [-0.4, -0.2) is 42.9 Å². The minimum Gasteiger partial charge on any atom is -0.492 e. The molecule has 0 aliphatic carbocycles. The molecule has 1 unspecified atom stereocenters. The van der Waals surface area contributed by atoms with Crippen LogP contribution in [-0.2, 0) is 0 Å². The number of benzene rings is 1. The van der Waals surface area contributed by atoms with Crippen LogP contribution in [0, 0.1) is 0 Å². The zero-order chi connectivity index (χ0) is 12.0. The summed E-state index contributed by atoms with van der Waals surface area (Å²) in [5, 5.41) is 8.96. The van der Waals surface area contributed by atoms with Gasteiger partial charge in [0.15, 0.2) is 0 Å². The molecule has 0 heterocycles. The van der Waals surface area contributed by atoms with Gasteiger partial charge in [-0.15, -0.1) is 0 Å². The Balaban J connectivity index is 2.27. The quantitative estimate of drug-likeness (QED) is 0.870.